The second-order valence-corrected chi connectivity index (χ2v) is 4.77. The van der Waals surface area contributed by atoms with E-state index in [1.807, 2.05) is 0 Å². The Morgan fingerprint density at radius 3 is 1.11 bits per heavy atom. The lowest BCUT2D eigenvalue weighted by molar-refractivity contribution is 0.216. The van der Waals surface area contributed by atoms with Gasteiger partial charge in [0.15, 0.2) is 0 Å². The van der Waals surface area contributed by atoms with E-state index in [9.17, 15) is 0 Å². The van der Waals surface area contributed by atoms with Gasteiger partial charge in [0.25, 0.3) is 0 Å². The number of aliphatic hydroxyl groups is 1. The molecule has 0 fully saturated rings. The van der Waals surface area contributed by atoms with Gasteiger partial charge in [-0.05, 0) is 33.5 Å². The maximum atomic E-state index is 8.06. The van der Waals surface area contributed by atoms with Gasteiger partial charge in [-0.15, -0.1) is 0 Å². The molecule has 0 aromatic carbocycles. The first-order valence-electron chi connectivity index (χ1n) is 7.90. The van der Waals surface area contributed by atoms with Gasteiger partial charge in [0, 0.05) is 6.10 Å². The Balaban J connectivity index is -0.000000196. The summed E-state index contributed by atoms with van der Waals surface area (Å²) in [6, 6.07) is 0. The van der Waals surface area contributed by atoms with E-state index in [1.54, 1.807) is 13.8 Å². The van der Waals surface area contributed by atoms with Crippen molar-refractivity contribution < 1.29 is 5.11 Å². The lowest BCUT2D eigenvalue weighted by Gasteiger charge is -2.13. The van der Waals surface area contributed by atoms with Crippen molar-refractivity contribution in [1.82, 2.24) is 4.90 Å². The molecule has 0 spiro atoms. The van der Waals surface area contributed by atoms with Gasteiger partial charge in [0.05, 0.1) is 0 Å². The Hall–Kier alpha value is -0.0800. The standard InChI is InChI=1S/C7H16.C6H15N.C3H8O/c1-3-5-7-6-4-2;1-4-7(5-2)6-3;1-3(2)4/h3-7H2,1-2H3;4-6H2,1-3H3;3-4H,1-2H3. The van der Waals surface area contributed by atoms with Gasteiger partial charge in [0.2, 0.25) is 0 Å². The van der Waals surface area contributed by atoms with Crippen LogP contribution in [-0.2, 0) is 0 Å². The normalized spacial score (nSPS) is 9.67. The highest BCUT2D eigenvalue weighted by atomic mass is 16.3. The van der Waals surface area contributed by atoms with E-state index >= 15 is 0 Å². The first-order valence-corrected chi connectivity index (χ1v) is 7.90. The van der Waals surface area contributed by atoms with Crippen LogP contribution in [0.15, 0.2) is 0 Å². The van der Waals surface area contributed by atoms with Crippen LogP contribution < -0.4 is 0 Å². The van der Waals surface area contributed by atoms with Gasteiger partial charge >= 0.3 is 0 Å². The third kappa shape index (κ3) is 36.0. The smallest absolute Gasteiger partial charge is 0.0483 e. The molecule has 2 nitrogen and oxygen atoms in total. The van der Waals surface area contributed by atoms with Crippen LogP contribution in [0.2, 0.25) is 0 Å². The molecule has 0 amide bonds. The van der Waals surface area contributed by atoms with Gasteiger partial charge in [0.1, 0.15) is 0 Å². The molecule has 18 heavy (non-hydrogen) atoms. The van der Waals surface area contributed by atoms with E-state index in [1.165, 1.54) is 51.7 Å². The Morgan fingerprint density at radius 2 is 1.00 bits per heavy atom. The number of rotatable bonds is 7. The summed E-state index contributed by atoms with van der Waals surface area (Å²) in [5, 5.41) is 8.06. The number of hydrogen-bond donors (Lipinski definition) is 1. The molecule has 114 valence electrons. The summed E-state index contributed by atoms with van der Waals surface area (Å²) in [6.07, 6.45) is 6.84. The van der Waals surface area contributed by atoms with Crippen molar-refractivity contribution >= 4 is 0 Å². The quantitative estimate of drug-likeness (QED) is 0.671. The Morgan fingerprint density at radius 1 is 0.722 bits per heavy atom. The average molecular weight is 261 g/mol. The molecule has 1 N–H and O–H groups in total. The van der Waals surface area contributed by atoms with E-state index in [0.29, 0.717) is 0 Å². The molecule has 0 bridgehead atoms. The first-order chi connectivity index (χ1) is 8.49. The molecule has 0 saturated heterocycles. The van der Waals surface area contributed by atoms with Crippen molar-refractivity contribution in [3.63, 3.8) is 0 Å². The van der Waals surface area contributed by atoms with Crippen molar-refractivity contribution in [3.8, 4) is 0 Å². The predicted octanol–water partition coefficient (Wildman–Crippen LogP) is 4.71. The molecule has 0 rings (SSSR count). The van der Waals surface area contributed by atoms with Crippen LogP contribution in [0, 0.1) is 0 Å². The summed E-state index contributed by atoms with van der Waals surface area (Å²) in [6.45, 7) is 18.1. The molecule has 0 aromatic rings. The summed E-state index contributed by atoms with van der Waals surface area (Å²) in [5.41, 5.74) is 0. The summed E-state index contributed by atoms with van der Waals surface area (Å²) in [7, 11) is 0. The summed E-state index contributed by atoms with van der Waals surface area (Å²) < 4.78 is 0. The van der Waals surface area contributed by atoms with Crippen molar-refractivity contribution in [2.45, 2.75) is 86.7 Å². The molecular weight excluding hydrogens is 222 g/mol. The minimum atomic E-state index is -0.167. The number of aliphatic hydroxyl groups excluding tert-OH is 1. The fourth-order valence-electron chi connectivity index (χ4n) is 1.35. The fraction of sp³-hybridized carbons (Fsp3) is 1.00. The Kier molecular flexibility index (Phi) is 28.3. The van der Waals surface area contributed by atoms with Gasteiger partial charge in [-0.1, -0.05) is 66.7 Å². The average Bonchev–Trinajstić information content (AvgIpc) is 2.32. The van der Waals surface area contributed by atoms with Crippen molar-refractivity contribution in [2.24, 2.45) is 0 Å². The van der Waals surface area contributed by atoms with Crippen LogP contribution in [0.1, 0.15) is 80.6 Å². The second-order valence-electron chi connectivity index (χ2n) is 4.77. The van der Waals surface area contributed by atoms with Crippen LogP contribution >= 0.6 is 0 Å². The number of unbranched alkanes of at least 4 members (excludes halogenated alkanes) is 4. The van der Waals surface area contributed by atoms with E-state index in [4.69, 9.17) is 5.11 Å². The highest BCUT2D eigenvalue weighted by Crippen LogP contribution is 2.00. The van der Waals surface area contributed by atoms with Crippen molar-refractivity contribution in [1.29, 1.82) is 0 Å². The largest absolute Gasteiger partial charge is 0.394 e. The molecule has 0 saturated carbocycles. The fourth-order valence-corrected chi connectivity index (χ4v) is 1.35. The number of nitrogens with zero attached hydrogens (tertiary/aromatic N) is 1. The van der Waals surface area contributed by atoms with Gasteiger partial charge in [-0.2, -0.15) is 0 Å². The molecule has 0 aliphatic heterocycles. The molecular formula is C16H39NO. The van der Waals surface area contributed by atoms with Crippen LogP contribution in [0.5, 0.6) is 0 Å². The summed E-state index contributed by atoms with van der Waals surface area (Å²) in [4.78, 5) is 2.38. The minimum Gasteiger partial charge on any atom is -0.394 e. The van der Waals surface area contributed by atoms with Gasteiger partial charge in [-0.3, -0.25) is 0 Å². The summed E-state index contributed by atoms with van der Waals surface area (Å²) >= 11 is 0. The van der Waals surface area contributed by atoms with Gasteiger partial charge in [-0.25, -0.2) is 0 Å². The Labute approximate surface area is 117 Å². The van der Waals surface area contributed by atoms with Crippen molar-refractivity contribution in [3.05, 3.63) is 0 Å². The van der Waals surface area contributed by atoms with Crippen LogP contribution in [-0.4, -0.2) is 35.7 Å². The highest BCUT2D eigenvalue weighted by molar-refractivity contribution is 4.43. The van der Waals surface area contributed by atoms with E-state index in [-0.39, 0.29) is 6.10 Å². The van der Waals surface area contributed by atoms with Crippen LogP contribution in [0.3, 0.4) is 0 Å². The lowest BCUT2D eigenvalue weighted by atomic mass is 10.2. The number of hydrogen-bond acceptors (Lipinski definition) is 2. The zero-order valence-electron chi connectivity index (χ0n) is 14.1. The third-order valence-corrected chi connectivity index (χ3v) is 2.55. The zero-order chi connectivity index (χ0) is 14.8. The Bertz CT molecular complexity index is 99.4. The first kappa shape index (κ1) is 23.0. The SMILES string of the molecule is CC(C)O.CCCCCCC.CCN(CC)CC. The maximum absolute atomic E-state index is 8.06. The highest BCUT2D eigenvalue weighted by Gasteiger charge is 1.89. The molecule has 0 aromatic heterocycles. The molecule has 0 heterocycles. The van der Waals surface area contributed by atoms with E-state index in [0.717, 1.165) is 0 Å². The molecule has 0 radical (unpaired) electrons. The molecule has 0 atom stereocenters. The lowest BCUT2D eigenvalue weighted by Crippen LogP contribution is -2.21. The van der Waals surface area contributed by atoms with E-state index in [2.05, 4.69) is 39.5 Å². The van der Waals surface area contributed by atoms with Crippen molar-refractivity contribution in [2.75, 3.05) is 19.6 Å². The van der Waals surface area contributed by atoms with E-state index < -0.39 is 0 Å². The summed E-state index contributed by atoms with van der Waals surface area (Å²) in [5.74, 6) is 0. The molecule has 0 unspecified atom stereocenters. The molecule has 0 aliphatic carbocycles. The minimum absolute atomic E-state index is 0.167. The van der Waals surface area contributed by atoms with Gasteiger partial charge < -0.3 is 10.0 Å². The monoisotopic (exact) mass is 261 g/mol. The second kappa shape index (κ2) is 22.1. The van der Waals surface area contributed by atoms with Crippen LogP contribution in [0.4, 0.5) is 0 Å². The topological polar surface area (TPSA) is 23.5 Å². The molecule has 0 aliphatic rings. The predicted molar refractivity (Wildman–Crippen MR) is 85.2 cm³/mol. The zero-order valence-corrected chi connectivity index (χ0v) is 14.1. The van der Waals surface area contributed by atoms with Crippen LogP contribution in [0.25, 0.3) is 0 Å². The maximum Gasteiger partial charge on any atom is 0.0483 e. The molecule has 2 heteroatoms. The third-order valence-electron chi connectivity index (χ3n) is 2.55.